The summed E-state index contributed by atoms with van der Waals surface area (Å²) in [5.74, 6) is -0.371. The van der Waals surface area contributed by atoms with Gasteiger partial charge < -0.3 is 14.5 Å². The van der Waals surface area contributed by atoms with E-state index in [1.807, 2.05) is 36.6 Å². The molecule has 0 aliphatic heterocycles. The number of thiophene rings is 1. The van der Waals surface area contributed by atoms with Crippen LogP contribution in [0.5, 0.6) is 5.88 Å². The number of nitrogens with one attached hydrogen (secondary N) is 1. The molecule has 0 unspecified atom stereocenters. The Balaban J connectivity index is 1.61. The molecule has 0 fully saturated rings. The molecule has 164 valence electrons. The standard InChI is InChI=1S/C24H23N3O4S/c1-5-30-24(29)19-14(3)21(27-15(19)4)18(28)10-31-22-20-17(11-32-23(20)26-12-25-22)16-8-6-13(2)7-9-16/h6-9,11-12,27H,5,10H2,1-4H3. The lowest BCUT2D eigenvalue weighted by molar-refractivity contribution is 0.0525. The number of aromatic nitrogens is 3. The summed E-state index contributed by atoms with van der Waals surface area (Å²) >= 11 is 1.50. The van der Waals surface area contributed by atoms with Gasteiger partial charge in [-0.2, -0.15) is 0 Å². The van der Waals surface area contributed by atoms with E-state index in [0.29, 0.717) is 28.4 Å². The molecule has 0 bridgehead atoms. The van der Waals surface area contributed by atoms with Crippen molar-refractivity contribution in [1.29, 1.82) is 0 Å². The van der Waals surface area contributed by atoms with E-state index >= 15 is 0 Å². The van der Waals surface area contributed by atoms with Crippen LogP contribution in [-0.2, 0) is 4.74 Å². The summed E-state index contributed by atoms with van der Waals surface area (Å²) in [7, 11) is 0. The Kier molecular flexibility index (Phi) is 6.05. The highest BCUT2D eigenvalue weighted by Crippen LogP contribution is 2.37. The fraction of sp³-hybridized carbons (Fsp3) is 0.250. The number of aromatic amines is 1. The average Bonchev–Trinajstić information content (AvgIpc) is 3.34. The lowest BCUT2D eigenvalue weighted by Gasteiger charge is -2.08. The molecule has 0 saturated heterocycles. The van der Waals surface area contributed by atoms with E-state index in [-0.39, 0.29) is 19.0 Å². The molecule has 0 atom stereocenters. The number of nitrogens with zero attached hydrogens (tertiary/aromatic N) is 2. The number of Topliss-reactive ketones (excluding diaryl/α,β-unsaturated/α-hetero) is 1. The fourth-order valence-electron chi connectivity index (χ4n) is 3.65. The smallest absolute Gasteiger partial charge is 0.340 e. The number of ether oxygens (including phenoxy) is 2. The second kappa shape index (κ2) is 8.92. The molecule has 0 saturated carbocycles. The number of ketones is 1. The van der Waals surface area contributed by atoms with Crippen LogP contribution in [0.2, 0.25) is 0 Å². The Morgan fingerprint density at radius 3 is 2.56 bits per heavy atom. The third-order valence-corrected chi connectivity index (χ3v) is 6.12. The Bertz CT molecular complexity index is 1310. The lowest BCUT2D eigenvalue weighted by Crippen LogP contribution is -2.14. The molecule has 3 aromatic heterocycles. The van der Waals surface area contributed by atoms with Gasteiger partial charge in [-0.3, -0.25) is 4.79 Å². The highest BCUT2D eigenvalue weighted by molar-refractivity contribution is 7.17. The normalized spacial score (nSPS) is 11.0. The molecule has 0 radical (unpaired) electrons. The van der Waals surface area contributed by atoms with E-state index in [1.165, 1.54) is 23.2 Å². The molecule has 1 aromatic carbocycles. The van der Waals surface area contributed by atoms with Gasteiger partial charge in [0.25, 0.3) is 0 Å². The van der Waals surface area contributed by atoms with Gasteiger partial charge in [-0.25, -0.2) is 14.8 Å². The van der Waals surface area contributed by atoms with E-state index in [0.717, 1.165) is 21.3 Å². The number of aryl methyl sites for hydroxylation is 2. The molecule has 4 aromatic rings. The van der Waals surface area contributed by atoms with Crippen molar-refractivity contribution in [2.45, 2.75) is 27.7 Å². The Morgan fingerprint density at radius 1 is 1.09 bits per heavy atom. The van der Waals surface area contributed by atoms with Gasteiger partial charge in [-0.05, 0) is 38.8 Å². The number of benzene rings is 1. The van der Waals surface area contributed by atoms with E-state index < -0.39 is 5.97 Å². The van der Waals surface area contributed by atoms with Crippen molar-refractivity contribution in [2.75, 3.05) is 13.2 Å². The number of esters is 1. The highest BCUT2D eigenvalue weighted by atomic mass is 32.1. The van der Waals surface area contributed by atoms with Crippen LogP contribution in [0.25, 0.3) is 21.3 Å². The first-order valence-corrected chi connectivity index (χ1v) is 11.1. The zero-order valence-electron chi connectivity index (χ0n) is 18.3. The van der Waals surface area contributed by atoms with Crippen LogP contribution >= 0.6 is 11.3 Å². The van der Waals surface area contributed by atoms with Crippen LogP contribution < -0.4 is 4.74 Å². The molecule has 3 heterocycles. The highest BCUT2D eigenvalue weighted by Gasteiger charge is 2.23. The summed E-state index contributed by atoms with van der Waals surface area (Å²) in [6.45, 7) is 7.29. The molecule has 8 heteroatoms. The predicted molar refractivity (Wildman–Crippen MR) is 124 cm³/mol. The van der Waals surface area contributed by atoms with Gasteiger partial charge in [-0.1, -0.05) is 29.8 Å². The summed E-state index contributed by atoms with van der Waals surface area (Å²) in [6.07, 6.45) is 1.43. The Labute approximate surface area is 189 Å². The van der Waals surface area contributed by atoms with Crippen LogP contribution in [0, 0.1) is 20.8 Å². The average molecular weight is 450 g/mol. The number of hydrogen-bond donors (Lipinski definition) is 1. The van der Waals surface area contributed by atoms with Crippen LogP contribution in [0.4, 0.5) is 0 Å². The van der Waals surface area contributed by atoms with Crippen molar-refractivity contribution < 1.29 is 19.1 Å². The molecule has 4 rings (SSSR count). The van der Waals surface area contributed by atoms with Crippen LogP contribution in [-0.4, -0.2) is 39.9 Å². The zero-order valence-corrected chi connectivity index (χ0v) is 19.1. The molecular formula is C24H23N3O4S. The first kappa shape index (κ1) is 21.7. The van der Waals surface area contributed by atoms with Crippen molar-refractivity contribution in [1.82, 2.24) is 15.0 Å². The third-order valence-electron chi connectivity index (χ3n) is 5.23. The number of rotatable bonds is 7. The lowest BCUT2D eigenvalue weighted by atomic mass is 10.0. The first-order chi connectivity index (χ1) is 15.4. The SMILES string of the molecule is CCOC(=O)c1c(C)[nH]c(C(=O)COc2ncnc3scc(-c4ccc(C)cc4)c23)c1C. The molecule has 0 aliphatic carbocycles. The maximum atomic E-state index is 12.9. The van der Waals surface area contributed by atoms with Gasteiger partial charge in [-0.15, -0.1) is 11.3 Å². The van der Waals surface area contributed by atoms with Gasteiger partial charge in [0.1, 0.15) is 11.2 Å². The maximum Gasteiger partial charge on any atom is 0.340 e. The number of fused-ring (bicyclic) bond motifs is 1. The summed E-state index contributed by atoms with van der Waals surface area (Å²) in [6, 6.07) is 8.18. The fourth-order valence-corrected chi connectivity index (χ4v) is 4.55. The summed E-state index contributed by atoms with van der Waals surface area (Å²) in [5.41, 5.74) is 5.03. The van der Waals surface area contributed by atoms with Crippen molar-refractivity contribution in [2.24, 2.45) is 0 Å². The Hall–Kier alpha value is -3.52. The van der Waals surface area contributed by atoms with Crippen molar-refractivity contribution >= 4 is 33.3 Å². The molecule has 7 nitrogen and oxygen atoms in total. The van der Waals surface area contributed by atoms with Crippen molar-refractivity contribution in [3.63, 3.8) is 0 Å². The molecule has 1 N–H and O–H groups in total. The quantitative estimate of drug-likeness (QED) is 0.313. The molecule has 0 spiro atoms. The molecular weight excluding hydrogens is 426 g/mol. The summed E-state index contributed by atoms with van der Waals surface area (Å²) < 4.78 is 11.0. The number of carbonyl (C=O) groups excluding carboxylic acids is 2. The third kappa shape index (κ3) is 4.01. The van der Waals surface area contributed by atoms with Crippen molar-refractivity contribution in [3.05, 3.63) is 64.1 Å². The van der Waals surface area contributed by atoms with Gasteiger partial charge >= 0.3 is 5.97 Å². The van der Waals surface area contributed by atoms with Gasteiger partial charge in [0, 0.05) is 16.6 Å². The van der Waals surface area contributed by atoms with E-state index in [2.05, 4.69) is 15.0 Å². The van der Waals surface area contributed by atoms with Crippen LogP contribution in [0.1, 0.15) is 44.6 Å². The van der Waals surface area contributed by atoms with Gasteiger partial charge in [0.15, 0.2) is 6.61 Å². The Morgan fingerprint density at radius 2 is 1.84 bits per heavy atom. The summed E-state index contributed by atoms with van der Waals surface area (Å²) in [4.78, 5) is 37.5. The van der Waals surface area contributed by atoms with E-state index in [4.69, 9.17) is 9.47 Å². The van der Waals surface area contributed by atoms with Crippen LogP contribution in [0.15, 0.2) is 36.0 Å². The molecule has 0 amide bonds. The predicted octanol–water partition coefficient (Wildman–Crippen LogP) is 5.05. The van der Waals surface area contributed by atoms with Gasteiger partial charge in [0.2, 0.25) is 11.7 Å². The van der Waals surface area contributed by atoms with Crippen molar-refractivity contribution in [3.8, 4) is 17.0 Å². The first-order valence-electron chi connectivity index (χ1n) is 10.2. The van der Waals surface area contributed by atoms with Gasteiger partial charge in [0.05, 0.1) is 23.3 Å². The largest absolute Gasteiger partial charge is 0.469 e. The molecule has 32 heavy (non-hydrogen) atoms. The monoisotopic (exact) mass is 449 g/mol. The maximum absolute atomic E-state index is 12.9. The number of carbonyl (C=O) groups is 2. The second-order valence-electron chi connectivity index (χ2n) is 7.43. The van der Waals surface area contributed by atoms with Crippen LogP contribution in [0.3, 0.4) is 0 Å². The topological polar surface area (TPSA) is 94.2 Å². The van der Waals surface area contributed by atoms with E-state index in [9.17, 15) is 9.59 Å². The number of hydrogen-bond acceptors (Lipinski definition) is 7. The minimum atomic E-state index is -0.447. The molecule has 0 aliphatic rings. The van der Waals surface area contributed by atoms with E-state index in [1.54, 1.807) is 20.8 Å². The second-order valence-corrected chi connectivity index (χ2v) is 8.29. The number of H-pyrrole nitrogens is 1. The zero-order chi connectivity index (χ0) is 22.8. The summed E-state index contributed by atoms with van der Waals surface area (Å²) in [5, 5.41) is 2.80. The minimum absolute atomic E-state index is 0.224. The minimum Gasteiger partial charge on any atom is -0.469 e.